The SMILES string of the molecule is COc1ccc(-c2nccn2[C@@H]2c3ccccc3C[C@@H]2O)cc1Cn1cncn1. The summed E-state index contributed by atoms with van der Waals surface area (Å²) in [7, 11) is 1.66. The van der Waals surface area contributed by atoms with E-state index in [1.54, 1.807) is 24.3 Å². The molecule has 7 heteroatoms. The van der Waals surface area contributed by atoms with Crippen LogP contribution in [-0.2, 0) is 13.0 Å². The Bertz CT molecular complexity index is 1140. The molecule has 0 saturated carbocycles. The average Bonchev–Trinajstić information content (AvgIpc) is 3.47. The molecule has 0 saturated heterocycles. The van der Waals surface area contributed by atoms with E-state index in [9.17, 15) is 5.11 Å². The van der Waals surface area contributed by atoms with Crippen LogP contribution in [-0.4, -0.2) is 42.6 Å². The van der Waals surface area contributed by atoms with Gasteiger partial charge >= 0.3 is 0 Å². The smallest absolute Gasteiger partial charge is 0.140 e. The molecule has 1 N–H and O–H groups in total. The Balaban J connectivity index is 1.56. The van der Waals surface area contributed by atoms with Crippen molar-refractivity contribution < 1.29 is 9.84 Å². The molecule has 2 heterocycles. The quantitative estimate of drug-likeness (QED) is 0.570. The van der Waals surface area contributed by atoms with E-state index < -0.39 is 6.10 Å². The van der Waals surface area contributed by atoms with E-state index in [0.717, 1.165) is 28.3 Å². The van der Waals surface area contributed by atoms with Crippen LogP contribution in [0.2, 0.25) is 0 Å². The number of fused-ring (bicyclic) bond motifs is 1. The van der Waals surface area contributed by atoms with Gasteiger partial charge in [-0.1, -0.05) is 24.3 Å². The van der Waals surface area contributed by atoms with Crippen molar-refractivity contribution in [2.75, 3.05) is 7.11 Å². The van der Waals surface area contributed by atoms with Crippen molar-refractivity contribution in [2.24, 2.45) is 0 Å². The molecule has 1 aliphatic rings. The number of methoxy groups -OCH3 is 1. The third-order valence-corrected chi connectivity index (χ3v) is 5.47. The van der Waals surface area contributed by atoms with Crippen LogP contribution >= 0.6 is 0 Å². The molecular weight excluding hydrogens is 366 g/mol. The Morgan fingerprint density at radius 2 is 2.10 bits per heavy atom. The fourth-order valence-corrected chi connectivity index (χ4v) is 4.18. The van der Waals surface area contributed by atoms with Gasteiger partial charge in [0.25, 0.3) is 0 Å². The fourth-order valence-electron chi connectivity index (χ4n) is 4.18. The molecule has 7 nitrogen and oxygen atoms in total. The van der Waals surface area contributed by atoms with E-state index >= 15 is 0 Å². The Morgan fingerprint density at radius 1 is 1.21 bits per heavy atom. The molecule has 0 aliphatic heterocycles. The lowest BCUT2D eigenvalue weighted by Gasteiger charge is -2.21. The van der Waals surface area contributed by atoms with E-state index in [-0.39, 0.29) is 6.04 Å². The lowest BCUT2D eigenvalue weighted by Crippen LogP contribution is -2.21. The summed E-state index contributed by atoms with van der Waals surface area (Å²) in [4.78, 5) is 8.62. The van der Waals surface area contributed by atoms with Crippen molar-refractivity contribution >= 4 is 0 Å². The highest BCUT2D eigenvalue weighted by atomic mass is 16.5. The predicted molar refractivity (Wildman–Crippen MR) is 108 cm³/mol. The second-order valence-corrected chi connectivity index (χ2v) is 7.19. The molecular formula is C22H21N5O2. The summed E-state index contributed by atoms with van der Waals surface area (Å²) in [5, 5.41) is 15.0. The van der Waals surface area contributed by atoms with Gasteiger partial charge in [0, 0.05) is 29.9 Å². The first kappa shape index (κ1) is 17.6. The lowest BCUT2D eigenvalue weighted by atomic mass is 10.1. The first-order valence-corrected chi connectivity index (χ1v) is 9.53. The van der Waals surface area contributed by atoms with Crippen molar-refractivity contribution in [3.8, 4) is 17.1 Å². The van der Waals surface area contributed by atoms with Gasteiger partial charge < -0.3 is 14.4 Å². The second kappa shape index (κ2) is 7.18. The van der Waals surface area contributed by atoms with Crippen molar-refractivity contribution in [3.05, 3.63) is 84.2 Å². The van der Waals surface area contributed by atoms with Crippen LogP contribution in [0.15, 0.2) is 67.5 Å². The van der Waals surface area contributed by atoms with Gasteiger partial charge in [0.15, 0.2) is 0 Å². The fraction of sp³-hybridized carbons (Fsp3) is 0.227. The third-order valence-electron chi connectivity index (χ3n) is 5.47. The van der Waals surface area contributed by atoms with Crippen LogP contribution in [0.4, 0.5) is 0 Å². The standard InChI is InChI=1S/C22H21N5O2/c1-29-20-7-6-16(10-17(20)12-26-14-23-13-25-26)22-24-8-9-27(22)21-18-5-3-2-4-15(18)11-19(21)28/h2-10,13-14,19,21,28H,11-12H2,1H3/t19-,21+/m0/s1. The van der Waals surface area contributed by atoms with Gasteiger partial charge in [0.1, 0.15) is 24.2 Å². The molecule has 29 heavy (non-hydrogen) atoms. The Labute approximate surface area is 168 Å². The number of hydrogen-bond donors (Lipinski definition) is 1. The lowest BCUT2D eigenvalue weighted by molar-refractivity contribution is 0.145. The zero-order valence-corrected chi connectivity index (χ0v) is 16.0. The van der Waals surface area contributed by atoms with Crippen molar-refractivity contribution in [1.82, 2.24) is 24.3 Å². The zero-order valence-electron chi connectivity index (χ0n) is 16.0. The van der Waals surface area contributed by atoms with Crippen molar-refractivity contribution in [3.63, 3.8) is 0 Å². The number of aliphatic hydroxyl groups is 1. The molecule has 2 aromatic carbocycles. The molecule has 5 rings (SSSR count). The van der Waals surface area contributed by atoms with Gasteiger partial charge in [-0.15, -0.1) is 0 Å². The maximum atomic E-state index is 10.8. The Morgan fingerprint density at radius 3 is 2.93 bits per heavy atom. The highest BCUT2D eigenvalue weighted by Crippen LogP contribution is 2.37. The van der Waals surface area contributed by atoms with E-state index in [4.69, 9.17) is 4.74 Å². The Kier molecular flexibility index (Phi) is 4.37. The molecule has 2 atom stereocenters. The number of nitrogens with zero attached hydrogens (tertiary/aromatic N) is 5. The van der Waals surface area contributed by atoms with Gasteiger partial charge in [0.05, 0.1) is 25.8 Å². The molecule has 0 radical (unpaired) electrons. The molecule has 1 aliphatic carbocycles. The molecule has 0 spiro atoms. The van der Waals surface area contributed by atoms with E-state index in [0.29, 0.717) is 13.0 Å². The number of aliphatic hydroxyl groups excluding tert-OH is 1. The minimum Gasteiger partial charge on any atom is -0.496 e. The molecule has 0 unspecified atom stereocenters. The van der Waals surface area contributed by atoms with Crippen LogP contribution < -0.4 is 4.74 Å². The van der Waals surface area contributed by atoms with E-state index in [1.807, 2.05) is 30.5 Å². The van der Waals surface area contributed by atoms with E-state index in [2.05, 4.69) is 37.8 Å². The molecule has 2 aromatic heterocycles. The molecule has 0 amide bonds. The summed E-state index contributed by atoms with van der Waals surface area (Å²) < 4.78 is 9.35. The normalized spacial score (nSPS) is 18.0. The molecule has 0 fully saturated rings. The van der Waals surface area contributed by atoms with Crippen molar-refractivity contribution in [1.29, 1.82) is 0 Å². The van der Waals surface area contributed by atoms with E-state index in [1.165, 1.54) is 11.9 Å². The first-order valence-electron chi connectivity index (χ1n) is 9.53. The average molecular weight is 387 g/mol. The maximum absolute atomic E-state index is 10.8. The van der Waals surface area contributed by atoms with Crippen LogP contribution in [0.1, 0.15) is 22.7 Å². The number of benzene rings is 2. The van der Waals surface area contributed by atoms with Gasteiger partial charge in [-0.05, 0) is 29.3 Å². The topological polar surface area (TPSA) is 78.0 Å². The predicted octanol–water partition coefficient (Wildman–Crippen LogP) is 2.70. The highest BCUT2D eigenvalue weighted by Gasteiger charge is 2.33. The van der Waals surface area contributed by atoms with Gasteiger partial charge in [-0.25, -0.2) is 14.6 Å². The number of hydrogen-bond acceptors (Lipinski definition) is 5. The molecule has 4 aromatic rings. The van der Waals surface area contributed by atoms with Gasteiger partial charge in [-0.3, -0.25) is 0 Å². The molecule has 0 bridgehead atoms. The third kappa shape index (κ3) is 3.09. The van der Waals surface area contributed by atoms with Crippen LogP contribution in [0.5, 0.6) is 5.75 Å². The van der Waals surface area contributed by atoms with Crippen molar-refractivity contribution in [2.45, 2.75) is 25.1 Å². The van der Waals surface area contributed by atoms with Gasteiger partial charge in [0.2, 0.25) is 0 Å². The number of ether oxygens (including phenoxy) is 1. The largest absolute Gasteiger partial charge is 0.496 e. The number of aromatic nitrogens is 5. The summed E-state index contributed by atoms with van der Waals surface area (Å²) >= 11 is 0. The second-order valence-electron chi connectivity index (χ2n) is 7.19. The first-order chi connectivity index (χ1) is 14.2. The summed E-state index contributed by atoms with van der Waals surface area (Å²) in [5.41, 5.74) is 4.28. The van der Waals surface area contributed by atoms with Crippen LogP contribution in [0, 0.1) is 0 Å². The summed E-state index contributed by atoms with van der Waals surface area (Å²) in [5.74, 6) is 1.60. The zero-order chi connectivity index (χ0) is 19.8. The van der Waals surface area contributed by atoms with Crippen LogP contribution in [0.3, 0.4) is 0 Å². The minimum atomic E-state index is -0.479. The number of imidazole rings is 1. The van der Waals surface area contributed by atoms with Gasteiger partial charge in [-0.2, -0.15) is 5.10 Å². The Hall–Kier alpha value is -3.45. The summed E-state index contributed by atoms with van der Waals surface area (Å²) in [6.45, 7) is 0.548. The van der Waals surface area contributed by atoms with Crippen LogP contribution in [0.25, 0.3) is 11.4 Å². The molecule has 146 valence electrons. The monoisotopic (exact) mass is 387 g/mol. The highest BCUT2D eigenvalue weighted by molar-refractivity contribution is 5.60. The minimum absolute atomic E-state index is 0.149. The summed E-state index contributed by atoms with van der Waals surface area (Å²) in [6.07, 6.45) is 7.09. The maximum Gasteiger partial charge on any atom is 0.140 e. The number of rotatable bonds is 5. The summed E-state index contributed by atoms with van der Waals surface area (Å²) in [6, 6.07) is 14.1.